The van der Waals surface area contributed by atoms with Gasteiger partial charge in [-0.2, -0.15) is 0 Å². The third-order valence-corrected chi connectivity index (χ3v) is 3.60. The molecule has 0 N–H and O–H groups in total. The molecule has 2 atom stereocenters. The molecular formula is C15H19Cl2NO4. The van der Waals surface area contributed by atoms with Crippen LogP contribution in [0.1, 0.15) is 13.8 Å². The number of benzene rings is 1. The predicted octanol–water partition coefficient (Wildman–Crippen LogP) is 3.03. The van der Waals surface area contributed by atoms with E-state index in [1.807, 2.05) is 0 Å². The topological polar surface area (TPSA) is 55.8 Å². The van der Waals surface area contributed by atoms with E-state index in [0.29, 0.717) is 15.8 Å². The van der Waals surface area contributed by atoms with Crippen molar-refractivity contribution in [3.8, 4) is 5.75 Å². The van der Waals surface area contributed by atoms with Crippen molar-refractivity contribution < 1.29 is 19.1 Å². The van der Waals surface area contributed by atoms with Crippen LogP contribution in [0.5, 0.6) is 5.75 Å². The normalized spacial score (nSPS) is 13.2. The minimum Gasteiger partial charge on any atom is -0.479 e. The van der Waals surface area contributed by atoms with Crippen LogP contribution >= 0.6 is 23.2 Å². The van der Waals surface area contributed by atoms with Crippen molar-refractivity contribution in [2.45, 2.75) is 20.0 Å². The van der Waals surface area contributed by atoms with Gasteiger partial charge < -0.3 is 14.4 Å². The minimum atomic E-state index is -0.742. The first-order valence-electron chi connectivity index (χ1n) is 6.70. The Morgan fingerprint density at radius 2 is 1.91 bits per heavy atom. The fourth-order valence-electron chi connectivity index (χ4n) is 1.90. The number of hydrogen-bond donors (Lipinski definition) is 0. The third kappa shape index (κ3) is 5.07. The largest absolute Gasteiger partial charge is 0.479 e. The molecule has 0 aliphatic carbocycles. The Morgan fingerprint density at radius 3 is 2.45 bits per heavy atom. The number of ether oxygens (including phenoxy) is 2. The number of methoxy groups -OCH3 is 1. The maximum atomic E-state index is 12.3. The van der Waals surface area contributed by atoms with Crippen LogP contribution in [-0.2, 0) is 14.3 Å². The van der Waals surface area contributed by atoms with Crippen LogP contribution in [0.3, 0.4) is 0 Å². The van der Waals surface area contributed by atoms with Gasteiger partial charge in [0.05, 0.1) is 18.1 Å². The zero-order valence-corrected chi connectivity index (χ0v) is 14.4. The number of likely N-dealkylation sites (N-methyl/N-ethyl adjacent to an activating group) is 1. The average Bonchev–Trinajstić information content (AvgIpc) is 2.48. The molecule has 122 valence electrons. The smallest absolute Gasteiger partial charge is 0.310 e. The predicted molar refractivity (Wildman–Crippen MR) is 85.4 cm³/mol. The average molecular weight is 348 g/mol. The molecule has 1 rings (SSSR count). The van der Waals surface area contributed by atoms with Gasteiger partial charge in [0.1, 0.15) is 5.75 Å². The molecular weight excluding hydrogens is 329 g/mol. The zero-order valence-electron chi connectivity index (χ0n) is 12.9. The van der Waals surface area contributed by atoms with Crippen LogP contribution in [0, 0.1) is 5.92 Å². The van der Waals surface area contributed by atoms with E-state index in [-0.39, 0.29) is 18.4 Å². The first-order valence-corrected chi connectivity index (χ1v) is 7.46. The Morgan fingerprint density at radius 1 is 1.27 bits per heavy atom. The van der Waals surface area contributed by atoms with Crippen molar-refractivity contribution in [3.63, 3.8) is 0 Å². The number of halogens is 2. The molecule has 22 heavy (non-hydrogen) atoms. The molecule has 0 heterocycles. The Labute approximate surface area is 140 Å². The molecule has 0 radical (unpaired) electrons. The molecule has 0 aromatic heterocycles. The van der Waals surface area contributed by atoms with Gasteiger partial charge in [0.25, 0.3) is 5.91 Å². The quantitative estimate of drug-likeness (QED) is 0.742. The summed E-state index contributed by atoms with van der Waals surface area (Å²) in [6.07, 6.45) is -0.742. The number of esters is 1. The standard InChI is InChI=1S/C15H19Cl2NO4/c1-9(15(20)21-4)8-18(3)14(19)10(2)22-13-6-5-11(16)7-12(13)17/h5-7,9-10H,8H2,1-4H3. The lowest BCUT2D eigenvalue weighted by Gasteiger charge is -2.24. The summed E-state index contributed by atoms with van der Waals surface area (Å²) < 4.78 is 10.2. The van der Waals surface area contributed by atoms with Crippen LogP contribution in [0.15, 0.2) is 18.2 Å². The number of carbonyl (C=O) groups is 2. The first-order chi connectivity index (χ1) is 10.3. The van der Waals surface area contributed by atoms with Crippen LogP contribution in [0.25, 0.3) is 0 Å². The molecule has 0 aliphatic rings. The van der Waals surface area contributed by atoms with Crippen LogP contribution < -0.4 is 4.74 Å². The van der Waals surface area contributed by atoms with Gasteiger partial charge >= 0.3 is 5.97 Å². The lowest BCUT2D eigenvalue weighted by atomic mass is 10.1. The second-order valence-corrected chi connectivity index (χ2v) is 5.82. The highest BCUT2D eigenvalue weighted by atomic mass is 35.5. The monoisotopic (exact) mass is 347 g/mol. The second-order valence-electron chi connectivity index (χ2n) is 4.98. The van der Waals surface area contributed by atoms with Crippen LogP contribution in [0.2, 0.25) is 10.0 Å². The Bertz CT molecular complexity index is 550. The molecule has 1 amide bonds. The second kappa shape index (κ2) is 8.25. The van der Waals surface area contributed by atoms with Gasteiger partial charge in [-0.05, 0) is 25.1 Å². The summed E-state index contributed by atoms with van der Waals surface area (Å²) in [5.74, 6) is -0.665. The number of amides is 1. The summed E-state index contributed by atoms with van der Waals surface area (Å²) in [6.45, 7) is 3.55. The van der Waals surface area contributed by atoms with E-state index in [0.717, 1.165) is 0 Å². The molecule has 0 aliphatic heterocycles. The van der Waals surface area contributed by atoms with Gasteiger partial charge in [0.2, 0.25) is 0 Å². The Kier molecular flexibility index (Phi) is 6.97. The SMILES string of the molecule is COC(=O)C(C)CN(C)C(=O)C(C)Oc1ccc(Cl)cc1Cl. The highest BCUT2D eigenvalue weighted by Gasteiger charge is 2.24. The molecule has 0 saturated heterocycles. The minimum absolute atomic E-state index is 0.244. The molecule has 5 nitrogen and oxygen atoms in total. The molecule has 0 saturated carbocycles. The van der Waals surface area contributed by atoms with Crippen molar-refractivity contribution >= 4 is 35.1 Å². The molecule has 1 aromatic rings. The summed E-state index contributed by atoms with van der Waals surface area (Å²) in [5, 5.41) is 0.818. The van der Waals surface area contributed by atoms with E-state index in [1.54, 1.807) is 39.1 Å². The lowest BCUT2D eigenvalue weighted by Crippen LogP contribution is -2.41. The van der Waals surface area contributed by atoms with Crippen molar-refractivity contribution in [1.82, 2.24) is 4.90 Å². The highest BCUT2D eigenvalue weighted by Crippen LogP contribution is 2.28. The van der Waals surface area contributed by atoms with E-state index in [4.69, 9.17) is 27.9 Å². The van der Waals surface area contributed by atoms with Gasteiger partial charge in [-0.25, -0.2) is 0 Å². The Hall–Kier alpha value is -1.46. The summed E-state index contributed by atoms with van der Waals surface area (Å²) in [6, 6.07) is 4.77. The van der Waals surface area contributed by atoms with Crippen molar-refractivity contribution in [2.75, 3.05) is 20.7 Å². The third-order valence-electron chi connectivity index (χ3n) is 3.07. The number of hydrogen-bond acceptors (Lipinski definition) is 4. The van der Waals surface area contributed by atoms with E-state index in [2.05, 4.69) is 4.74 Å². The highest BCUT2D eigenvalue weighted by molar-refractivity contribution is 6.35. The molecule has 0 fully saturated rings. The summed E-state index contributed by atoms with van der Waals surface area (Å²) >= 11 is 11.8. The molecule has 2 unspecified atom stereocenters. The maximum Gasteiger partial charge on any atom is 0.310 e. The lowest BCUT2D eigenvalue weighted by molar-refractivity contribution is -0.147. The number of nitrogens with zero attached hydrogens (tertiary/aromatic N) is 1. The van der Waals surface area contributed by atoms with Gasteiger partial charge in [0.15, 0.2) is 6.10 Å². The van der Waals surface area contributed by atoms with Gasteiger partial charge in [-0.3, -0.25) is 9.59 Å². The molecule has 0 bridgehead atoms. The van der Waals surface area contributed by atoms with Crippen molar-refractivity contribution in [2.24, 2.45) is 5.92 Å². The fourth-order valence-corrected chi connectivity index (χ4v) is 2.35. The number of rotatable bonds is 6. The van der Waals surface area contributed by atoms with Gasteiger partial charge in [-0.15, -0.1) is 0 Å². The van der Waals surface area contributed by atoms with E-state index < -0.39 is 12.0 Å². The summed E-state index contributed by atoms with van der Waals surface area (Å²) in [7, 11) is 2.92. The van der Waals surface area contributed by atoms with Gasteiger partial charge in [-0.1, -0.05) is 30.1 Å². The fraction of sp³-hybridized carbons (Fsp3) is 0.467. The van der Waals surface area contributed by atoms with Crippen molar-refractivity contribution in [1.29, 1.82) is 0 Å². The molecule has 0 spiro atoms. The van der Waals surface area contributed by atoms with Gasteiger partial charge in [0, 0.05) is 18.6 Å². The Balaban J connectivity index is 2.66. The number of carbonyl (C=O) groups excluding carboxylic acids is 2. The zero-order chi connectivity index (χ0) is 16.9. The first kappa shape index (κ1) is 18.6. The summed E-state index contributed by atoms with van der Waals surface area (Å²) in [4.78, 5) is 25.1. The van der Waals surface area contributed by atoms with Crippen LogP contribution in [-0.4, -0.2) is 43.6 Å². The van der Waals surface area contributed by atoms with Crippen molar-refractivity contribution in [3.05, 3.63) is 28.2 Å². The van der Waals surface area contributed by atoms with E-state index in [9.17, 15) is 9.59 Å². The van der Waals surface area contributed by atoms with E-state index >= 15 is 0 Å². The summed E-state index contributed by atoms with van der Waals surface area (Å²) in [5.41, 5.74) is 0. The molecule has 7 heteroatoms. The van der Waals surface area contributed by atoms with Crippen LogP contribution in [0.4, 0.5) is 0 Å². The van der Waals surface area contributed by atoms with E-state index in [1.165, 1.54) is 12.0 Å². The maximum absolute atomic E-state index is 12.3. The molecule has 1 aromatic carbocycles.